The molecule has 0 spiro atoms. The van der Waals surface area contributed by atoms with Crippen molar-refractivity contribution in [3.8, 4) is 11.3 Å². The third-order valence-corrected chi connectivity index (χ3v) is 4.50. The molecule has 0 aliphatic heterocycles. The van der Waals surface area contributed by atoms with Gasteiger partial charge in [0.1, 0.15) is 0 Å². The Kier molecular flexibility index (Phi) is 4.74. The van der Waals surface area contributed by atoms with E-state index in [9.17, 15) is 31.4 Å². The van der Waals surface area contributed by atoms with Crippen molar-refractivity contribution in [1.82, 2.24) is 14.4 Å². The molecule has 0 bridgehead atoms. The summed E-state index contributed by atoms with van der Waals surface area (Å²) in [6.07, 6.45) is -8.24. The molecule has 3 aromatic rings. The quantitative estimate of drug-likeness (QED) is 0.566. The third kappa shape index (κ3) is 3.38. The molecule has 156 valence electrons. The Morgan fingerprint density at radius 2 is 1.79 bits per heavy atom. The monoisotopic (exact) mass is 420 g/mol. The number of hydrogen-bond donors (Lipinski definition) is 3. The van der Waals surface area contributed by atoms with Crippen LogP contribution >= 0.6 is 0 Å². The first kappa shape index (κ1) is 20.9. The van der Waals surface area contributed by atoms with E-state index in [2.05, 4.69) is 9.97 Å². The van der Waals surface area contributed by atoms with Gasteiger partial charge in [0.2, 0.25) is 5.60 Å². The van der Waals surface area contributed by atoms with Gasteiger partial charge in [-0.15, -0.1) is 0 Å². The molecule has 0 radical (unpaired) electrons. The van der Waals surface area contributed by atoms with Gasteiger partial charge in [0.15, 0.2) is 17.2 Å². The maximum absolute atomic E-state index is 13.3. The van der Waals surface area contributed by atoms with Crippen LogP contribution in [0.4, 0.5) is 32.2 Å². The summed E-state index contributed by atoms with van der Waals surface area (Å²) in [6, 6.07) is 3.15. The number of rotatable bonds is 3. The number of benzene rings is 1. The first-order valence-corrected chi connectivity index (χ1v) is 8.02. The van der Waals surface area contributed by atoms with E-state index in [1.165, 1.54) is 13.0 Å². The average molecular weight is 420 g/mol. The number of nitrogen functional groups attached to an aromatic ring is 1. The molecule has 3 rings (SSSR count). The van der Waals surface area contributed by atoms with Crippen molar-refractivity contribution in [3.63, 3.8) is 0 Å². The standard InChI is InChI=1S/C17H14F6N4O2/c1-8-2-3-9(15(29,7-28)17(21,22)23)4-10(8)11-5-25-14-13(24)26-12(6-27(11)14)16(18,19)20/h2-6,28-29H,7H2,1H3,(H2,24,26). The number of aliphatic hydroxyl groups excluding tert-OH is 1. The van der Waals surface area contributed by atoms with Crippen LogP contribution in [-0.4, -0.2) is 37.4 Å². The molecule has 1 aromatic carbocycles. The first-order chi connectivity index (χ1) is 13.3. The van der Waals surface area contributed by atoms with Crippen molar-refractivity contribution < 1.29 is 36.6 Å². The Morgan fingerprint density at radius 1 is 1.14 bits per heavy atom. The SMILES string of the molecule is Cc1ccc(C(O)(CO)C(F)(F)F)cc1-c1cnc2c(N)nc(C(F)(F)F)cn12. The van der Waals surface area contributed by atoms with Gasteiger partial charge in [-0.25, -0.2) is 9.97 Å². The summed E-state index contributed by atoms with van der Waals surface area (Å²) >= 11 is 0. The number of nitrogens with zero attached hydrogens (tertiary/aromatic N) is 3. The fourth-order valence-electron chi connectivity index (χ4n) is 2.85. The van der Waals surface area contributed by atoms with E-state index in [0.717, 1.165) is 22.7 Å². The van der Waals surface area contributed by atoms with Gasteiger partial charge in [0.25, 0.3) is 0 Å². The van der Waals surface area contributed by atoms with Crippen molar-refractivity contribution in [2.75, 3.05) is 12.3 Å². The number of aliphatic hydroxyl groups is 2. The van der Waals surface area contributed by atoms with Gasteiger partial charge < -0.3 is 15.9 Å². The van der Waals surface area contributed by atoms with Crippen LogP contribution in [0.5, 0.6) is 0 Å². The smallest absolute Gasteiger partial charge is 0.393 e. The van der Waals surface area contributed by atoms with E-state index in [1.807, 2.05) is 0 Å². The number of anilines is 1. The van der Waals surface area contributed by atoms with Crippen LogP contribution in [0.25, 0.3) is 16.9 Å². The van der Waals surface area contributed by atoms with Crippen molar-refractivity contribution in [2.45, 2.75) is 24.9 Å². The second kappa shape index (κ2) is 6.59. The fraction of sp³-hybridized carbons (Fsp3) is 0.294. The van der Waals surface area contributed by atoms with E-state index in [4.69, 9.17) is 10.8 Å². The topological polar surface area (TPSA) is 96.7 Å². The van der Waals surface area contributed by atoms with E-state index in [0.29, 0.717) is 11.8 Å². The molecule has 0 aliphatic rings. The number of nitrogens with two attached hydrogens (primary N) is 1. The van der Waals surface area contributed by atoms with Crippen molar-refractivity contribution in [2.24, 2.45) is 0 Å². The molecular weight excluding hydrogens is 406 g/mol. The molecule has 0 aliphatic carbocycles. The van der Waals surface area contributed by atoms with Gasteiger partial charge in [-0.3, -0.25) is 4.40 Å². The zero-order chi connectivity index (χ0) is 21.8. The number of alkyl halides is 6. The van der Waals surface area contributed by atoms with Crippen molar-refractivity contribution in [1.29, 1.82) is 0 Å². The Bertz CT molecular complexity index is 1080. The summed E-state index contributed by atoms with van der Waals surface area (Å²) in [5.74, 6) is -0.512. The highest BCUT2D eigenvalue weighted by Crippen LogP contribution is 2.40. The predicted octanol–water partition coefficient (Wildman–Crippen LogP) is 3.05. The highest BCUT2D eigenvalue weighted by atomic mass is 19.4. The summed E-state index contributed by atoms with van der Waals surface area (Å²) < 4.78 is 80.0. The Morgan fingerprint density at radius 3 is 2.34 bits per heavy atom. The predicted molar refractivity (Wildman–Crippen MR) is 89.6 cm³/mol. The van der Waals surface area contributed by atoms with Gasteiger partial charge in [-0.2, -0.15) is 26.3 Å². The summed E-state index contributed by atoms with van der Waals surface area (Å²) in [4.78, 5) is 7.15. The maximum atomic E-state index is 13.3. The molecule has 1 atom stereocenters. The second-order valence-electron chi connectivity index (χ2n) is 6.39. The number of hydrogen-bond acceptors (Lipinski definition) is 5. The average Bonchev–Trinajstić information content (AvgIpc) is 3.04. The normalized spacial score (nSPS) is 14.9. The van der Waals surface area contributed by atoms with Gasteiger partial charge in [0.05, 0.1) is 18.5 Å². The molecule has 0 fully saturated rings. The van der Waals surface area contributed by atoms with E-state index >= 15 is 0 Å². The molecule has 0 amide bonds. The molecule has 6 nitrogen and oxygen atoms in total. The minimum Gasteiger partial charge on any atom is -0.393 e. The van der Waals surface area contributed by atoms with Crippen LogP contribution in [0.2, 0.25) is 0 Å². The second-order valence-corrected chi connectivity index (χ2v) is 6.39. The largest absolute Gasteiger partial charge is 0.434 e. The van der Waals surface area contributed by atoms with Crippen molar-refractivity contribution in [3.05, 3.63) is 47.4 Å². The van der Waals surface area contributed by atoms with Crippen LogP contribution < -0.4 is 5.73 Å². The lowest BCUT2D eigenvalue weighted by molar-refractivity contribution is -0.277. The van der Waals surface area contributed by atoms with Crippen LogP contribution in [-0.2, 0) is 11.8 Å². The lowest BCUT2D eigenvalue weighted by Crippen LogP contribution is -2.45. The Labute approximate surface area is 159 Å². The van der Waals surface area contributed by atoms with Crippen LogP contribution in [0.15, 0.2) is 30.6 Å². The molecule has 29 heavy (non-hydrogen) atoms. The number of imidazole rings is 1. The molecule has 1 unspecified atom stereocenters. The highest BCUT2D eigenvalue weighted by Gasteiger charge is 2.54. The van der Waals surface area contributed by atoms with E-state index < -0.39 is 41.6 Å². The highest BCUT2D eigenvalue weighted by molar-refractivity contribution is 5.72. The first-order valence-electron chi connectivity index (χ1n) is 8.02. The van der Waals surface area contributed by atoms with Crippen LogP contribution in [0.3, 0.4) is 0 Å². The molecule has 0 saturated heterocycles. The lowest BCUT2D eigenvalue weighted by atomic mass is 9.90. The minimum atomic E-state index is -5.19. The van der Waals surface area contributed by atoms with E-state index in [1.54, 1.807) is 0 Å². The zero-order valence-electron chi connectivity index (χ0n) is 14.7. The lowest BCUT2D eigenvalue weighted by Gasteiger charge is -2.29. The summed E-state index contributed by atoms with van der Waals surface area (Å²) in [5, 5.41) is 19.1. The van der Waals surface area contributed by atoms with E-state index in [-0.39, 0.29) is 16.9 Å². The van der Waals surface area contributed by atoms with Gasteiger partial charge in [-0.1, -0.05) is 12.1 Å². The number of aryl methyl sites for hydroxylation is 1. The number of aromatic nitrogens is 3. The number of fused-ring (bicyclic) bond motifs is 1. The fourth-order valence-corrected chi connectivity index (χ4v) is 2.85. The summed E-state index contributed by atoms with van der Waals surface area (Å²) in [7, 11) is 0. The molecule has 2 aromatic heterocycles. The zero-order valence-corrected chi connectivity index (χ0v) is 14.7. The minimum absolute atomic E-state index is 0.00131. The molecule has 12 heteroatoms. The third-order valence-electron chi connectivity index (χ3n) is 4.50. The molecule has 2 heterocycles. The van der Waals surface area contributed by atoms with Crippen LogP contribution in [0.1, 0.15) is 16.8 Å². The number of halogens is 6. The van der Waals surface area contributed by atoms with Gasteiger partial charge >= 0.3 is 12.4 Å². The van der Waals surface area contributed by atoms with Crippen LogP contribution in [0, 0.1) is 6.92 Å². The maximum Gasteiger partial charge on any atom is 0.434 e. The Balaban J connectivity index is 2.27. The molecular formula is C17H14F6N4O2. The van der Waals surface area contributed by atoms with Gasteiger partial charge in [-0.05, 0) is 24.1 Å². The summed E-state index contributed by atoms with van der Waals surface area (Å²) in [6.45, 7) is -0.124. The Hall–Kier alpha value is -2.86. The van der Waals surface area contributed by atoms with Gasteiger partial charge in [0, 0.05) is 11.8 Å². The summed E-state index contributed by atoms with van der Waals surface area (Å²) in [5.41, 5.74) is 0.342. The van der Waals surface area contributed by atoms with Crippen molar-refractivity contribution >= 4 is 11.5 Å². The molecule has 4 N–H and O–H groups in total. The molecule has 0 saturated carbocycles.